The number of hydrogen-bond donors (Lipinski definition) is 8. The zero-order valence-electron chi connectivity index (χ0n) is 23.2. The van der Waals surface area contributed by atoms with Crippen LogP contribution in [0.5, 0.6) is 0 Å². The van der Waals surface area contributed by atoms with Crippen LogP contribution in [-0.4, -0.2) is 120 Å². The molecule has 2 aliphatic heterocycles. The van der Waals surface area contributed by atoms with Crippen LogP contribution in [0.1, 0.15) is 25.7 Å². The summed E-state index contributed by atoms with van der Waals surface area (Å²) < 4.78 is 0. The maximum absolute atomic E-state index is 12.2. The molecule has 1 aromatic rings. The molecule has 0 aliphatic carbocycles. The Labute approximate surface area is 242 Å². The van der Waals surface area contributed by atoms with Gasteiger partial charge in [0.1, 0.15) is 12.1 Å². The van der Waals surface area contributed by atoms with Crippen molar-refractivity contribution in [2.45, 2.75) is 37.8 Å². The van der Waals surface area contributed by atoms with Crippen LogP contribution < -0.4 is 31.9 Å². The molecule has 2 atom stereocenters. The minimum Gasteiger partial charge on any atom is -0.394 e. The molecule has 0 unspecified atom stereocenters. The lowest BCUT2D eigenvalue weighted by Gasteiger charge is -2.32. The number of nitrogens with one attached hydrogen (secondary N) is 6. The summed E-state index contributed by atoms with van der Waals surface area (Å²) in [6.07, 6.45) is 1.69. The minimum atomic E-state index is -1.11. The highest BCUT2D eigenvalue weighted by Gasteiger charge is 2.27. The molecule has 16 heteroatoms. The predicted octanol–water partition coefficient (Wildman–Crippen LogP) is -1.87. The van der Waals surface area contributed by atoms with Gasteiger partial charge in [-0.1, -0.05) is 0 Å². The van der Waals surface area contributed by atoms with Crippen molar-refractivity contribution < 1.29 is 39.0 Å². The maximum atomic E-state index is 12.2. The number of rotatable bonds is 14. The lowest BCUT2D eigenvalue weighted by Crippen LogP contribution is -2.55. The standard InChI is InChI=1S/C26H38N8O8/c35-15-19(31-25(41)33-11-1-12-33)23(39)27-9-7-21(37)29-17-3-5-18(6-4-17)30-22(38)8-10-28-24(40)20(16-36)32-26(42)34-13-2-14-34/h3-6,19-20,35-36H,1-2,7-16H2,(H,27,39)(H,28,40)(H,29,37)(H,30,38)(H,31,41)(H,32,42)/t19-,20-/m0/s1. The quantitative estimate of drug-likeness (QED) is 0.122. The lowest BCUT2D eigenvalue weighted by atomic mass is 10.2. The summed E-state index contributed by atoms with van der Waals surface area (Å²) in [7, 11) is 0. The van der Waals surface area contributed by atoms with Crippen LogP contribution in [0, 0.1) is 0 Å². The van der Waals surface area contributed by atoms with Gasteiger partial charge in [0.15, 0.2) is 0 Å². The van der Waals surface area contributed by atoms with Gasteiger partial charge < -0.3 is 51.9 Å². The summed E-state index contributed by atoms with van der Waals surface area (Å²) in [6.45, 7) is 1.27. The van der Waals surface area contributed by atoms with E-state index in [1.54, 1.807) is 24.3 Å². The normalized spacial score (nSPS) is 15.2. The van der Waals surface area contributed by atoms with E-state index in [0.29, 0.717) is 37.6 Å². The average Bonchev–Trinajstić information content (AvgIpc) is 2.89. The van der Waals surface area contributed by atoms with Crippen molar-refractivity contribution in [3.8, 4) is 0 Å². The van der Waals surface area contributed by atoms with E-state index in [1.807, 2.05) is 0 Å². The van der Waals surface area contributed by atoms with Crippen LogP contribution in [0.4, 0.5) is 21.0 Å². The smallest absolute Gasteiger partial charge is 0.318 e. The van der Waals surface area contributed by atoms with E-state index in [1.165, 1.54) is 9.80 Å². The average molecular weight is 591 g/mol. The van der Waals surface area contributed by atoms with Crippen molar-refractivity contribution in [3.05, 3.63) is 24.3 Å². The van der Waals surface area contributed by atoms with Crippen LogP contribution in [0.3, 0.4) is 0 Å². The van der Waals surface area contributed by atoms with Crippen molar-refractivity contribution in [1.29, 1.82) is 0 Å². The molecule has 1 aromatic carbocycles. The second kappa shape index (κ2) is 16.1. The van der Waals surface area contributed by atoms with E-state index >= 15 is 0 Å². The van der Waals surface area contributed by atoms with E-state index in [0.717, 1.165) is 12.8 Å². The molecule has 0 spiro atoms. The number of urea groups is 2. The highest BCUT2D eigenvalue weighted by molar-refractivity contribution is 5.94. The number of nitrogens with zero attached hydrogens (tertiary/aromatic N) is 2. The van der Waals surface area contributed by atoms with E-state index in [2.05, 4.69) is 31.9 Å². The van der Waals surface area contributed by atoms with Crippen molar-refractivity contribution in [3.63, 3.8) is 0 Å². The van der Waals surface area contributed by atoms with Crippen LogP contribution >= 0.6 is 0 Å². The Balaban J connectivity index is 1.30. The molecule has 230 valence electrons. The molecule has 0 aromatic heterocycles. The van der Waals surface area contributed by atoms with Crippen molar-refractivity contribution in [2.24, 2.45) is 0 Å². The molecule has 2 aliphatic rings. The van der Waals surface area contributed by atoms with Gasteiger partial charge in [-0.15, -0.1) is 0 Å². The van der Waals surface area contributed by atoms with Gasteiger partial charge in [0.2, 0.25) is 23.6 Å². The highest BCUT2D eigenvalue weighted by Crippen LogP contribution is 2.14. The number of benzene rings is 1. The number of anilines is 2. The van der Waals surface area contributed by atoms with Crippen molar-refractivity contribution in [1.82, 2.24) is 31.1 Å². The maximum Gasteiger partial charge on any atom is 0.318 e. The van der Waals surface area contributed by atoms with E-state index < -0.39 is 49.2 Å². The van der Waals surface area contributed by atoms with E-state index in [-0.39, 0.29) is 37.7 Å². The van der Waals surface area contributed by atoms with Gasteiger partial charge >= 0.3 is 12.1 Å². The van der Waals surface area contributed by atoms with Gasteiger partial charge in [0.25, 0.3) is 0 Å². The van der Waals surface area contributed by atoms with Crippen molar-refractivity contribution in [2.75, 3.05) is 63.1 Å². The Morgan fingerprint density at radius 2 is 1.00 bits per heavy atom. The molecule has 3 rings (SSSR count). The largest absolute Gasteiger partial charge is 0.394 e. The summed E-state index contributed by atoms with van der Waals surface area (Å²) in [5, 5.41) is 34.1. The highest BCUT2D eigenvalue weighted by atomic mass is 16.3. The molecule has 0 bridgehead atoms. The Bertz CT molecular complexity index is 1040. The van der Waals surface area contributed by atoms with Gasteiger partial charge in [-0.25, -0.2) is 9.59 Å². The number of carbonyl (C=O) groups excluding carboxylic acids is 6. The fourth-order valence-corrected chi connectivity index (χ4v) is 3.84. The Morgan fingerprint density at radius 1 is 0.643 bits per heavy atom. The number of amides is 8. The first-order valence-electron chi connectivity index (χ1n) is 13.8. The summed E-state index contributed by atoms with van der Waals surface area (Å²) in [5.74, 6) is -1.95. The molecule has 42 heavy (non-hydrogen) atoms. The number of carbonyl (C=O) groups is 6. The summed E-state index contributed by atoms with van der Waals surface area (Å²) in [4.78, 5) is 75.8. The first kappa shape index (κ1) is 32.1. The topological polar surface area (TPSA) is 222 Å². The van der Waals surface area contributed by atoms with Crippen molar-refractivity contribution >= 4 is 47.1 Å². The van der Waals surface area contributed by atoms with Gasteiger partial charge in [-0.3, -0.25) is 19.2 Å². The predicted molar refractivity (Wildman–Crippen MR) is 150 cm³/mol. The Kier molecular flexibility index (Phi) is 12.3. The number of aliphatic hydroxyl groups excluding tert-OH is 2. The lowest BCUT2D eigenvalue weighted by molar-refractivity contribution is -0.125. The second-order valence-electron chi connectivity index (χ2n) is 9.81. The molecule has 2 heterocycles. The Morgan fingerprint density at radius 3 is 1.29 bits per heavy atom. The fraction of sp³-hybridized carbons (Fsp3) is 0.538. The first-order chi connectivity index (χ1) is 20.2. The fourth-order valence-electron chi connectivity index (χ4n) is 3.84. The monoisotopic (exact) mass is 590 g/mol. The van der Waals surface area contributed by atoms with Gasteiger partial charge in [-0.2, -0.15) is 0 Å². The summed E-state index contributed by atoms with van der Waals surface area (Å²) in [6, 6.07) is 3.24. The first-order valence-corrected chi connectivity index (χ1v) is 13.8. The molecule has 2 saturated heterocycles. The summed E-state index contributed by atoms with van der Waals surface area (Å²) >= 11 is 0. The minimum absolute atomic E-state index is 0.00467. The van der Waals surface area contributed by atoms with Gasteiger partial charge in [0, 0.05) is 63.5 Å². The molecule has 2 fully saturated rings. The summed E-state index contributed by atoms with van der Waals surface area (Å²) in [5.41, 5.74) is 0.920. The van der Waals surface area contributed by atoms with Crippen LogP contribution in [0.2, 0.25) is 0 Å². The van der Waals surface area contributed by atoms with Crippen LogP contribution in [0.25, 0.3) is 0 Å². The molecule has 0 saturated carbocycles. The molecular formula is C26H38N8O8. The molecule has 8 amide bonds. The Hall–Kier alpha value is -4.44. The third-order valence-corrected chi connectivity index (χ3v) is 6.64. The number of hydrogen-bond acceptors (Lipinski definition) is 8. The van der Waals surface area contributed by atoms with Gasteiger partial charge in [0.05, 0.1) is 13.2 Å². The van der Waals surface area contributed by atoms with Gasteiger partial charge in [-0.05, 0) is 37.1 Å². The SMILES string of the molecule is O=C(CCNC(=O)[C@H](CO)NC(=O)N1CCC1)Nc1ccc(NC(=O)CCNC(=O)[C@H](CO)NC(=O)N2CCC2)cc1. The molecule has 16 nitrogen and oxygen atoms in total. The molecular weight excluding hydrogens is 552 g/mol. The third kappa shape index (κ3) is 9.88. The molecule has 0 radical (unpaired) electrons. The molecule has 8 N–H and O–H groups in total. The number of aliphatic hydroxyl groups is 2. The third-order valence-electron chi connectivity index (χ3n) is 6.64. The second-order valence-corrected chi connectivity index (χ2v) is 9.81. The van der Waals surface area contributed by atoms with Crippen LogP contribution in [-0.2, 0) is 19.2 Å². The van der Waals surface area contributed by atoms with E-state index in [9.17, 15) is 39.0 Å². The van der Waals surface area contributed by atoms with E-state index in [4.69, 9.17) is 0 Å². The zero-order chi connectivity index (χ0) is 30.5. The zero-order valence-corrected chi connectivity index (χ0v) is 23.2. The van der Waals surface area contributed by atoms with Crippen LogP contribution in [0.15, 0.2) is 24.3 Å². The number of likely N-dealkylation sites (tertiary alicyclic amines) is 2.